The van der Waals surface area contributed by atoms with E-state index in [1.54, 1.807) is 6.92 Å². The van der Waals surface area contributed by atoms with E-state index in [1.165, 1.54) is 0 Å². The molecular formula is C8H14N4O2S. The molecule has 1 rings (SSSR count). The van der Waals surface area contributed by atoms with Gasteiger partial charge in [-0.15, -0.1) is 0 Å². The molecule has 0 radical (unpaired) electrons. The average Bonchev–Trinajstić information content (AvgIpc) is 2.41. The quantitative estimate of drug-likeness (QED) is 0.463. The molecule has 6 nitrogen and oxygen atoms in total. The van der Waals surface area contributed by atoms with Gasteiger partial charge in [-0.2, -0.15) is 0 Å². The van der Waals surface area contributed by atoms with Gasteiger partial charge in [0.25, 0.3) is 0 Å². The fourth-order valence-electron chi connectivity index (χ4n) is 1.37. The van der Waals surface area contributed by atoms with E-state index in [-0.39, 0.29) is 11.5 Å². The zero-order valence-electron chi connectivity index (χ0n) is 8.60. The lowest BCUT2D eigenvalue weighted by Crippen LogP contribution is -2.31. The van der Waals surface area contributed by atoms with Crippen LogP contribution in [-0.4, -0.2) is 34.0 Å². The molecule has 0 aromatic rings. The fourth-order valence-corrected chi connectivity index (χ4v) is 2.58. The number of nitrogens with zero attached hydrogens (tertiary/aromatic N) is 2. The van der Waals surface area contributed by atoms with Gasteiger partial charge in [0.05, 0.1) is 0 Å². The number of thioether (sulfide) groups is 1. The Bertz CT molecular complexity index is 336. The Labute approximate surface area is 92.0 Å². The zero-order valence-corrected chi connectivity index (χ0v) is 9.41. The van der Waals surface area contributed by atoms with Crippen LogP contribution in [0.1, 0.15) is 13.8 Å². The molecule has 1 aliphatic rings. The van der Waals surface area contributed by atoms with Gasteiger partial charge in [0.15, 0.2) is 11.5 Å². The van der Waals surface area contributed by atoms with Crippen molar-refractivity contribution < 1.29 is 9.90 Å². The molecule has 84 valence electrons. The molecule has 0 bridgehead atoms. The van der Waals surface area contributed by atoms with Gasteiger partial charge in [0, 0.05) is 12.2 Å². The topological polar surface area (TPSA) is 105 Å². The number of carbonyl (C=O) groups is 1. The highest BCUT2D eigenvalue weighted by Crippen LogP contribution is 2.38. The van der Waals surface area contributed by atoms with Crippen molar-refractivity contribution in [1.82, 2.24) is 4.90 Å². The summed E-state index contributed by atoms with van der Waals surface area (Å²) in [5.74, 6) is -0.977. The molecule has 0 saturated carbocycles. The van der Waals surface area contributed by atoms with Crippen molar-refractivity contribution >= 4 is 23.7 Å². The maximum Gasteiger partial charge on any atom is 0.344 e. The van der Waals surface area contributed by atoms with Gasteiger partial charge in [-0.05, 0) is 13.8 Å². The fraction of sp³-hybridized carbons (Fsp3) is 0.500. The average molecular weight is 230 g/mol. The van der Waals surface area contributed by atoms with Crippen LogP contribution < -0.4 is 11.5 Å². The first-order chi connectivity index (χ1) is 6.97. The lowest BCUT2D eigenvalue weighted by molar-refractivity contribution is -0.131. The number of carboxylic acid groups (broad SMARTS) is 1. The van der Waals surface area contributed by atoms with E-state index in [9.17, 15) is 4.79 Å². The number of aliphatic carboxylic acids is 1. The molecule has 1 unspecified atom stereocenters. The number of hydrogen-bond donors (Lipinski definition) is 3. The van der Waals surface area contributed by atoms with Crippen molar-refractivity contribution in [3.8, 4) is 0 Å². The summed E-state index contributed by atoms with van der Waals surface area (Å²) in [7, 11) is 0. The van der Waals surface area contributed by atoms with Crippen LogP contribution in [0.4, 0.5) is 0 Å². The molecule has 0 aliphatic carbocycles. The first kappa shape index (κ1) is 11.7. The first-order valence-electron chi connectivity index (χ1n) is 4.43. The largest absolute Gasteiger partial charge is 0.477 e. The van der Waals surface area contributed by atoms with Gasteiger partial charge in [0.1, 0.15) is 4.91 Å². The number of allylic oxidation sites excluding steroid dienone is 1. The van der Waals surface area contributed by atoms with E-state index in [0.29, 0.717) is 17.1 Å². The standard InChI is InChI=1S/C8H14N4O2S/c1-3-12-4(2)5(6(13)14)15-8(12)11-7(9)10/h8H,3H2,1-2H3,(H,13,14)(H4,9,10,11). The molecule has 5 N–H and O–H groups in total. The van der Waals surface area contributed by atoms with Gasteiger partial charge in [0.2, 0.25) is 0 Å². The number of carboxylic acids is 1. The summed E-state index contributed by atoms with van der Waals surface area (Å²) in [4.78, 5) is 17.0. The minimum absolute atomic E-state index is 0.0367. The Morgan fingerprint density at radius 1 is 1.67 bits per heavy atom. The Hall–Kier alpha value is -1.37. The summed E-state index contributed by atoms with van der Waals surface area (Å²) >= 11 is 1.15. The molecule has 7 heteroatoms. The highest BCUT2D eigenvalue weighted by Gasteiger charge is 2.32. The van der Waals surface area contributed by atoms with Crippen LogP contribution >= 0.6 is 11.8 Å². The predicted molar refractivity (Wildman–Crippen MR) is 59.9 cm³/mol. The summed E-state index contributed by atoms with van der Waals surface area (Å²) in [5, 5.41) is 8.93. The van der Waals surface area contributed by atoms with Gasteiger partial charge in [-0.3, -0.25) is 0 Å². The molecule has 1 atom stereocenters. The zero-order chi connectivity index (χ0) is 11.6. The van der Waals surface area contributed by atoms with Gasteiger partial charge in [-0.25, -0.2) is 9.79 Å². The number of guanidine groups is 1. The van der Waals surface area contributed by atoms with Gasteiger partial charge >= 0.3 is 5.97 Å². The third-order valence-electron chi connectivity index (χ3n) is 2.04. The number of hydrogen-bond acceptors (Lipinski definition) is 4. The first-order valence-corrected chi connectivity index (χ1v) is 5.31. The van der Waals surface area contributed by atoms with Crippen molar-refractivity contribution in [2.75, 3.05) is 6.54 Å². The van der Waals surface area contributed by atoms with Crippen LogP contribution in [0.2, 0.25) is 0 Å². The Morgan fingerprint density at radius 2 is 2.27 bits per heavy atom. The second-order valence-corrected chi connectivity index (χ2v) is 4.07. The van der Waals surface area contributed by atoms with E-state index >= 15 is 0 Å². The molecule has 0 fully saturated rings. The summed E-state index contributed by atoms with van der Waals surface area (Å²) in [5.41, 5.74) is 10.9. The summed E-state index contributed by atoms with van der Waals surface area (Å²) in [6.45, 7) is 4.34. The molecule has 0 saturated heterocycles. The van der Waals surface area contributed by atoms with E-state index in [2.05, 4.69) is 4.99 Å². The van der Waals surface area contributed by atoms with Crippen LogP contribution in [0.3, 0.4) is 0 Å². The lowest BCUT2D eigenvalue weighted by Gasteiger charge is -2.22. The minimum Gasteiger partial charge on any atom is -0.477 e. The van der Waals surface area contributed by atoms with E-state index in [0.717, 1.165) is 11.8 Å². The lowest BCUT2D eigenvalue weighted by atomic mass is 10.4. The SMILES string of the molecule is CCN1C(C)=C(C(=O)O)SC1N=C(N)N. The number of aliphatic imine (C=N–C) groups is 1. The molecule has 0 aromatic carbocycles. The van der Waals surface area contributed by atoms with Crippen LogP contribution in [-0.2, 0) is 4.79 Å². The molecular weight excluding hydrogens is 216 g/mol. The molecule has 1 aliphatic heterocycles. The molecule has 0 amide bonds. The van der Waals surface area contributed by atoms with E-state index in [4.69, 9.17) is 16.6 Å². The summed E-state index contributed by atoms with van der Waals surface area (Å²) in [6.07, 6.45) is 0. The second-order valence-electron chi connectivity index (χ2n) is 3.00. The molecule has 15 heavy (non-hydrogen) atoms. The molecule has 0 aromatic heterocycles. The monoisotopic (exact) mass is 230 g/mol. The van der Waals surface area contributed by atoms with Crippen LogP contribution in [0, 0.1) is 0 Å². The normalized spacial score (nSPS) is 20.7. The third-order valence-corrected chi connectivity index (χ3v) is 3.32. The van der Waals surface area contributed by atoms with Gasteiger partial charge in [-0.1, -0.05) is 11.8 Å². The third kappa shape index (κ3) is 2.35. The van der Waals surface area contributed by atoms with E-state index in [1.807, 2.05) is 11.8 Å². The minimum atomic E-state index is -0.941. The molecule has 1 heterocycles. The highest BCUT2D eigenvalue weighted by atomic mass is 32.2. The van der Waals surface area contributed by atoms with Crippen molar-refractivity contribution in [3.63, 3.8) is 0 Å². The Balaban J connectivity index is 2.94. The van der Waals surface area contributed by atoms with Crippen LogP contribution in [0.5, 0.6) is 0 Å². The van der Waals surface area contributed by atoms with Crippen molar-refractivity contribution in [2.45, 2.75) is 19.3 Å². The van der Waals surface area contributed by atoms with Gasteiger partial charge < -0.3 is 21.5 Å². The van der Waals surface area contributed by atoms with E-state index < -0.39 is 5.97 Å². The highest BCUT2D eigenvalue weighted by molar-refractivity contribution is 8.04. The number of nitrogens with two attached hydrogens (primary N) is 2. The maximum atomic E-state index is 10.9. The summed E-state index contributed by atoms with van der Waals surface area (Å²) in [6, 6.07) is 0. The van der Waals surface area contributed by atoms with Crippen molar-refractivity contribution in [1.29, 1.82) is 0 Å². The predicted octanol–water partition coefficient (Wildman–Crippen LogP) is -0.0718. The Morgan fingerprint density at radius 3 is 2.67 bits per heavy atom. The van der Waals surface area contributed by atoms with Crippen LogP contribution in [0.15, 0.2) is 15.6 Å². The molecule has 0 spiro atoms. The van der Waals surface area contributed by atoms with Crippen molar-refractivity contribution in [2.24, 2.45) is 16.5 Å². The van der Waals surface area contributed by atoms with Crippen LogP contribution in [0.25, 0.3) is 0 Å². The Kier molecular flexibility index (Phi) is 3.46. The number of rotatable bonds is 3. The second kappa shape index (κ2) is 4.43. The maximum absolute atomic E-state index is 10.9. The van der Waals surface area contributed by atoms with Crippen molar-refractivity contribution in [3.05, 3.63) is 10.6 Å². The smallest absolute Gasteiger partial charge is 0.344 e. The summed E-state index contributed by atoms with van der Waals surface area (Å²) < 4.78 is 0.